The molecular formula is C13H18BrN5. The Labute approximate surface area is 121 Å². The van der Waals surface area contributed by atoms with Crippen LogP contribution < -0.4 is 0 Å². The number of hydrogen-bond acceptors (Lipinski definition) is 3. The number of likely N-dealkylation sites (tertiary alicyclic amines) is 1. The second kappa shape index (κ2) is 5.46. The summed E-state index contributed by atoms with van der Waals surface area (Å²) in [6.07, 6.45) is 9.98. The first-order chi connectivity index (χ1) is 9.22. The minimum atomic E-state index is 0.507. The summed E-state index contributed by atoms with van der Waals surface area (Å²) in [5.74, 6) is 1.16. The molecule has 19 heavy (non-hydrogen) atoms. The van der Waals surface area contributed by atoms with Gasteiger partial charge in [0.2, 0.25) is 0 Å². The van der Waals surface area contributed by atoms with E-state index in [9.17, 15) is 0 Å². The molecule has 0 saturated carbocycles. The van der Waals surface area contributed by atoms with Gasteiger partial charge in [0, 0.05) is 51.7 Å². The fourth-order valence-corrected chi connectivity index (χ4v) is 2.94. The Balaban J connectivity index is 1.53. The van der Waals surface area contributed by atoms with Crippen LogP contribution >= 0.6 is 15.9 Å². The molecule has 3 rings (SSSR count). The highest BCUT2D eigenvalue weighted by Gasteiger charge is 2.24. The van der Waals surface area contributed by atoms with E-state index >= 15 is 0 Å². The molecule has 0 aromatic carbocycles. The maximum Gasteiger partial charge on any atom is 0.109 e. The quantitative estimate of drug-likeness (QED) is 0.862. The average molecular weight is 324 g/mol. The Kier molecular flexibility index (Phi) is 3.70. The number of nitrogens with zero attached hydrogens (tertiary/aromatic N) is 5. The van der Waals surface area contributed by atoms with Gasteiger partial charge in [-0.15, -0.1) is 0 Å². The van der Waals surface area contributed by atoms with Gasteiger partial charge in [-0.3, -0.25) is 4.68 Å². The molecule has 1 saturated heterocycles. The summed E-state index contributed by atoms with van der Waals surface area (Å²) < 4.78 is 5.22. The molecule has 0 spiro atoms. The lowest BCUT2D eigenvalue weighted by atomic mass is 10.3. The second-order valence-corrected chi connectivity index (χ2v) is 6.00. The minimum Gasteiger partial charge on any atom is -0.338 e. The fourth-order valence-electron chi connectivity index (χ4n) is 2.64. The first kappa shape index (κ1) is 12.9. The minimum absolute atomic E-state index is 0.507. The predicted octanol–water partition coefficient (Wildman–Crippen LogP) is 1.87. The van der Waals surface area contributed by atoms with Gasteiger partial charge in [0.05, 0.1) is 16.7 Å². The van der Waals surface area contributed by atoms with E-state index in [0.29, 0.717) is 6.04 Å². The van der Waals surface area contributed by atoms with Crippen LogP contribution in [-0.2, 0) is 13.5 Å². The largest absolute Gasteiger partial charge is 0.338 e. The fraction of sp³-hybridized carbons (Fsp3) is 0.538. The van der Waals surface area contributed by atoms with E-state index in [0.717, 1.165) is 36.4 Å². The molecule has 1 atom stereocenters. The van der Waals surface area contributed by atoms with Crippen molar-refractivity contribution in [3.05, 3.63) is 35.1 Å². The molecule has 0 bridgehead atoms. The molecule has 3 heterocycles. The van der Waals surface area contributed by atoms with E-state index in [2.05, 4.69) is 53.4 Å². The van der Waals surface area contributed by atoms with Crippen LogP contribution in [0.1, 0.15) is 18.3 Å². The van der Waals surface area contributed by atoms with Crippen molar-refractivity contribution in [1.29, 1.82) is 0 Å². The highest BCUT2D eigenvalue weighted by Crippen LogP contribution is 2.22. The van der Waals surface area contributed by atoms with Crippen molar-refractivity contribution in [2.75, 3.05) is 19.6 Å². The van der Waals surface area contributed by atoms with Crippen molar-refractivity contribution >= 4 is 15.9 Å². The SMILES string of the molecule is Cn1ccnc1CCN1CCC(n2cc(Br)cn2)C1. The number of hydrogen-bond donors (Lipinski definition) is 0. The molecule has 1 aliphatic rings. The Morgan fingerprint density at radius 1 is 1.47 bits per heavy atom. The summed E-state index contributed by atoms with van der Waals surface area (Å²) >= 11 is 3.45. The molecule has 1 aliphatic heterocycles. The summed E-state index contributed by atoms with van der Waals surface area (Å²) in [5, 5.41) is 4.38. The van der Waals surface area contributed by atoms with Gasteiger partial charge in [-0.1, -0.05) is 0 Å². The third kappa shape index (κ3) is 2.90. The van der Waals surface area contributed by atoms with Crippen LogP contribution in [0.3, 0.4) is 0 Å². The van der Waals surface area contributed by atoms with E-state index in [1.54, 1.807) is 0 Å². The van der Waals surface area contributed by atoms with Crippen LogP contribution in [0.4, 0.5) is 0 Å². The van der Waals surface area contributed by atoms with E-state index < -0.39 is 0 Å². The molecule has 102 valence electrons. The average Bonchev–Trinajstić information content (AvgIpc) is 3.08. The monoisotopic (exact) mass is 323 g/mol. The summed E-state index contributed by atoms with van der Waals surface area (Å²) in [5.41, 5.74) is 0. The van der Waals surface area contributed by atoms with Crippen molar-refractivity contribution < 1.29 is 0 Å². The Hall–Kier alpha value is -1.14. The molecule has 0 N–H and O–H groups in total. The van der Waals surface area contributed by atoms with E-state index in [-0.39, 0.29) is 0 Å². The Morgan fingerprint density at radius 2 is 2.37 bits per heavy atom. The van der Waals surface area contributed by atoms with Crippen molar-refractivity contribution in [3.8, 4) is 0 Å². The highest BCUT2D eigenvalue weighted by molar-refractivity contribution is 9.10. The number of halogens is 1. The molecule has 1 unspecified atom stereocenters. The van der Waals surface area contributed by atoms with E-state index in [4.69, 9.17) is 0 Å². The molecule has 0 aliphatic carbocycles. The summed E-state index contributed by atoms with van der Waals surface area (Å²) in [7, 11) is 2.05. The third-order valence-electron chi connectivity index (χ3n) is 3.76. The molecule has 2 aromatic heterocycles. The van der Waals surface area contributed by atoms with Crippen molar-refractivity contribution in [3.63, 3.8) is 0 Å². The van der Waals surface area contributed by atoms with Crippen LogP contribution in [0.15, 0.2) is 29.3 Å². The van der Waals surface area contributed by atoms with Crippen LogP contribution in [-0.4, -0.2) is 43.9 Å². The second-order valence-electron chi connectivity index (χ2n) is 5.09. The maximum atomic E-state index is 4.38. The highest BCUT2D eigenvalue weighted by atomic mass is 79.9. The first-order valence-electron chi connectivity index (χ1n) is 6.60. The number of aryl methyl sites for hydroxylation is 1. The van der Waals surface area contributed by atoms with Crippen molar-refractivity contribution in [2.24, 2.45) is 7.05 Å². The molecule has 5 nitrogen and oxygen atoms in total. The lowest BCUT2D eigenvalue weighted by Gasteiger charge is -2.15. The zero-order valence-corrected chi connectivity index (χ0v) is 12.6. The van der Waals surface area contributed by atoms with Crippen molar-refractivity contribution in [2.45, 2.75) is 18.9 Å². The Morgan fingerprint density at radius 3 is 3.05 bits per heavy atom. The van der Waals surface area contributed by atoms with Crippen LogP contribution in [0, 0.1) is 0 Å². The molecular weight excluding hydrogens is 306 g/mol. The van der Waals surface area contributed by atoms with Crippen LogP contribution in [0.2, 0.25) is 0 Å². The lowest BCUT2D eigenvalue weighted by Crippen LogP contribution is -2.25. The van der Waals surface area contributed by atoms with Gasteiger partial charge in [0.25, 0.3) is 0 Å². The van der Waals surface area contributed by atoms with Crippen LogP contribution in [0.25, 0.3) is 0 Å². The molecule has 2 aromatic rings. The van der Waals surface area contributed by atoms with Gasteiger partial charge < -0.3 is 9.47 Å². The maximum absolute atomic E-state index is 4.38. The van der Waals surface area contributed by atoms with Gasteiger partial charge in [0.1, 0.15) is 5.82 Å². The molecule has 6 heteroatoms. The number of aromatic nitrogens is 4. The van der Waals surface area contributed by atoms with Gasteiger partial charge in [0.15, 0.2) is 0 Å². The molecule has 0 radical (unpaired) electrons. The van der Waals surface area contributed by atoms with Crippen LogP contribution in [0.5, 0.6) is 0 Å². The Bertz CT molecular complexity index is 547. The zero-order chi connectivity index (χ0) is 13.2. The number of rotatable bonds is 4. The summed E-state index contributed by atoms with van der Waals surface area (Å²) in [6.45, 7) is 3.30. The van der Waals surface area contributed by atoms with E-state index in [1.165, 1.54) is 6.42 Å². The third-order valence-corrected chi connectivity index (χ3v) is 4.17. The smallest absolute Gasteiger partial charge is 0.109 e. The normalized spacial score (nSPS) is 20.2. The predicted molar refractivity (Wildman–Crippen MR) is 76.9 cm³/mol. The standard InChI is InChI=1S/C13H18BrN5/c1-17-7-4-15-13(17)3-6-18-5-2-12(10-18)19-9-11(14)8-16-19/h4,7-9,12H,2-3,5-6,10H2,1H3. The summed E-state index contributed by atoms with van der Waals surface area (Å²) in [6, 6.07) is 0.507. The topological polar surface area (TPSA) is 38.9 Å². The molecule has 1 fully saturated rings. The van der Waals surface area contributed by atoms with Gasteiger partial charge in [-0.25, -0.2) is 4.98 Å². The van der Waals surface area contributed by atoms with Gasteiger partial charge >= 0.3 is 0 Å². The van der Waals surface area contributed by atoms with Gasteiger partial charge in [-0.05, 0) is 22.4 Å². The number of imidazole rings is 1. The van der Waals surface area contributed by atoms with Gasteiger partial charge in [-0.2, -0.15) is 5.10 Å². The summed E-state index contributed by atoms with van der Waals surface area (Å²) in [4.78, 5) is 6.86. The first-order valence-corrected chi connectivity index (χ1v) is 7.40. The lowest BCUT2D eigenvalue weighted by molar-refractivity contribution is 0.319. The van der Waals surface area contributed by atoms with E-state index in [1.807, 2.05) is 18.6 Å². The zero-order valence-electron chi connectivity index (χ0n) is 11.0. The van der Waals surface area contributed by atoms with Crippen molar-refractivity contribution in [1.82, 2.24) is 24.2 Å². The molecule has 0 amide bonds.